The van der Waals surface area contributed by atoms with Crippen molar-refractivity contribution in [2.75, 3.05) is 18.4 Å². The molecule has 7 heteroatoms. The van der Waals surface area contributed by atoms with E-state index in [1.54, 1.807) is 24.3 Å². The van der Waals surface area contributed by atoms with Crippen LogP contribution in [-0.4, -0.2) is 24.9 Å². The molecule has 2 amide bonds. The second-order valence-corrected chi connectivity index (χ2v) is 6.84. The summed E-state index contributed by atoms with van der Waals surface area (Å²) in [7, 11) is 0. The van der Waals surface area contributed by atoms with Crippen molar-refractivity contribution in [2.45, 2.75) is 33.1 Å². The second-order valence-electron chi connectivity index (χ2n) is 5.71. The number of aryl methyl sites for hydroxylation is 2. The first-order valence-corrected chi connectivity index (χ1v) is 9.42. The van der Waals surface area contributed by atoms with Crippen molar-refractivity contribution in [1.29, 1.82) is 0 Å². The molecule has 2 aromatic rings. The van der Waals surface area contributed by atoms with Gasteiger partial charge in [-0.2, -0.15) is 0 Å². The molecule has 4 N–H and O–H groups in total. The summed E-state index contributed by atoms with van der Waals surface area (Å²) < 4.78 is 0. The SMILES string of the molecule is CCCc1sc(C(=O)Nc2ccccc2C(=O)NCCN)cc1CC.Cl. The van der Waals surface area contributed by atoms with E-state index in [4.69, 9.17) is 5.73 Å². The number of anilines is 1. The maximum Gasteiger partial charge on any atom is 0.265 e. The Labute approximate surface area is 164 Å². The molecule has 1 aromatic carbocycles. The fourth-order valence-electron chi connectivity index (χ4n) is 2.57. The summed E-state index contributed by atoms with van der Waals surface area (Å²) in [5, 5.41) is 5.60. The second kappa shape index (κ2) is 11.0. The minimum Gasteiger partial charge on any atom is -0.351 e. The molecule has 0 aliphatic rings. The quantitative estimate of drug-likeness (QED) is 0.638. The van der Waals surface area contributed by atoms with Crippen LogP contribution >= 0.6 is 23.7 Å². The van der Waals surface area contributed by atoms with Crippen molar-refractivity contribution in [3.63, 3.8) is 0 Å². The van der Waals surface area contributed by atoms with E-state index in [2.05, 4.69) is 24.5 Å². The number of rotatable bonds is 8. The summed E-state index contributed by atoms with van der Waals surface area (Å²) in [6, 6.07) is 8.95. The highest BCUT2D eigenvalue weighted by Gasteiger charge is 2.17. The van der Waals surface area contributed by atoms with Gasteiger partial charge in [-0.15, -0.1) is 23.7 Å². The Bertz CT molecular complexity index is 746. The van der Waals surface area contributed by atoms with E-state index in [9.17, 15) is 9.59 Å². The largest absolute Gasteiger partial charge is 0.351 e. The smallest absolute Gasteiger partial charge is 0.265 e. The van der Waals surface area contributed by atoms with Crippen LogP contribution in [0.25, 0.3) is 0 Å². The van der Waals surface area contributed by atoms with Gasteiger partial charge in [-0.3, -0.25) is 9.59 Å². The zero-order valence-electron chi connectivity index (χ0n) is 15.1. The molecule has 0 unspecified atom stereocenters. The van der Waals surface area contributed by atoms with Gasteiger partial charge in [0.1, 0.15) is 0 Å². The molecule has 1 heterocycles. The summed E-state index contributed by atoms with van der Waals surface area (Å²) >= 11 is 1.54. The van der Waals surface area contributed by atoms with Gasteiger partial charge in [0.2, 0.25) is 0 Å². The predicted molar refractivity (Wildman–Crippen MR) is 111 cm³/mol. The lowest BCUT2D eigenvalue weighted by atomic mass is 10.1. The molecule has 5 nitrogen and oxygen atoms in total. The van der Waals surface area contributed by atoms with Crippen molar-refractivity contribution in [3.8, 4) is 0 Å². The molecule has 0 atom stereocenters. The number of thiophene rings is 1. The Balaban J connectivity index is 0.00000338. The zero-order valence-corrected chi connectivity index (χ0v) is 16.8. The lowest BCUT2D eigenvalue weighted by Crippen LogP contribution is -2.29. The van der Waals surface area contributed by atoms with Gasteiger partial charge in [0.15, 0.2) is 0 Å². The number of nitrogens with two attached hydrogens (primary N) is 1. The van der Waals surface area contributed by atoms with Crippen molar-refractivity contribution in [1.82, 2.24) is 5.32 Å². The van der Waals surface area contributed by atoms with Gasteiger partial charge in [0.25, 0.3) is 11.8 Å². The number of carbonyl (C=O) groups is 2. The minimum atomic E-state index is -0.242. The third-order valence-corrected chi connectivity index (χ3v) is 5.06. The summed E-state index contributed by atoms with van der Waals surface area (Å²) in [6.07, 6.45) is 2.95. The van der Waals surface area contributed by atoms with Gasteiger partial charge in [-0.25, -0.2) is 0 Å². The molecule has 26 heavy (non-hydrogen) atoms. The number of amides is 2. The molecule has 0 aliphatic carbocycles. The van der Waals surface area contributed by atoms with Crippen LogP contribution in [0.2, 0.25) is 0 Å². The monoisotopic (exact) mass is 395 g/mol. The topological polar surface area (TPSA) is 84.2 Å². The highest BCUT2D eigenvalue weighted by molar-refractivity contribution is 7.14. The van der Waals surface area contributed by atoms with Gasteiger partial charge in [0.05, 0.1) is 16.1 Å². The van der Waals surface area contributed by atoms with Crippen LogP contribution in [0, 0.1) is 0 Å². The number of hydrogen-bond donors (Lipinski definition) is 3. The van der Waals surface area contributed by atoms with E-state index in [0.29, 0.717) is 29.2 Å². The lowest BCUT2D eigenvalue weighted by molar-refractivity contribution is 0.0955. The van der Waals surface area contributed by atoms with Gasteiger partial charge in [-0.1, -0.05) is 32.4 Å². The minimum absolute atomic E-state index is 0. The first-order valence-electron chi connectivity index (χ1n) is 8.60. The molecule has 0 fully saturated rings. The molecule has 2 rings (SSSR count). The molecule has 0 aliphatic heterocycles. The molecule has 1 aromatic heterocycles. The molecule has 0 radical (unpaired) electrons. The Morgan fingerprint density at radius 3 is 2.54 bits per heavy atom. The Morgan fingerprint density at radius 2 is 1.88 bits per heavy atom. The summed E-state index contributed by atoms with van der Waals surface area (Å²) in [5.41, 5.74) is 7.59. The number of hydrogen-bond acceptors (Lipinski definition) is 4. The van der Waals surface area contributed by atoms with E-state index in [1.165, 1.54) is 21.8 Å². The van der Waals surface area contributed by atoms with Crippen LogP contribution in [0.3, 0.4) is 0 Å². The average Bonchev–Trinajstić information content (AvgIpc) is 3.03. The van der Waals surface area contributed by atoms with Gasteiger partial charge in [-0.05, 0) is 36.6 Å². The summed E-state index contributed by atoms with van der Waals surface area (Å²) in [6.45, 7) is 5.00. The third kappa shape index (κ3) is 5.56. The van der Waals surface area contributed by atoms with Crippen LogP contribution < -0.4 is 16.4 Å². The van der Waals surface area contributed by atoms with Crippen LogP contribution in [-0.2, 0) is 12.8 Å². The first-order chi connectivity index (χ1) is 12.1. The van der Waals surface area contributed by atoms with Crippen molar-refractivity contribution in [2.24, 2.45) is 5.73 Å². The lowest BCUT2D eigenvalue weighted by Gasteiger charge is -2.10. The maximum atomic E-state index is 12.6. The van der Waals surface area contributed by atoms with E-state index < -0.39 is 0 Å². The van der Waals surface area contributed by atoms with Crippen LogP contribution in [0.15, 0.2) is 30.3 Å². The summed E-state index contributed by atoms with van der Waals surface area (Å²) in [5.74, 6) is -0.422. The maximum absolute atomic E-state index is 12.6. The molecule has 0 bridgehead atoms. The number of benzene rings is 1. The van der Waals surface area contributed by atoms with Gasteiger partial charge < -0.3 is 16.4 Å². The van der Waals surface area contributed by atoms with E-state index >= 15 is 0 Å². The number of nitrogens with one attached hydrogen (secondary N) is 2. The Hall–Kier alpha value is -1.89. The molecular formula is C19H26ClN3O2S. The van der Waals surface area contributed by atoms with Gasteiger partial charge in [0, 0.05) is 18.0 Å². The molecule has 0 saturated heterocycles. The van der Waals surface area contributed by atoms with Crippen molar-refractivity contribution < 1.29 is 9.59 Å². The van der Waals surface area contributed by atoms with Crippen LogP contribution in [0.1, 0.15) is 50.7 Å². The van der Waals surface area contributed by atoms with Crippen LogP contribution in [0.5, 0.6) is 0 Å². The first kappa shape index (κ1) is 22.2. The molecule has 0 spiro atoms. The normalized spacial score (nSPS) is 10.1. The Morgan fingerprint density at radius 1 is 1.15 bits per heavy atom. The van der Waals surface area contributed by atoms with Crippen molar-refractivity contribution in [3.05, 3.63) is 51.2 Å². The number of para-hydroxylation sites is 1. The van der Waals surface area contributed by atoms with Gasteiger partial charge >= 0.3 is 0 Å². The Kier molecular flexibility index (Phi) is 9.34. The molecule has 0 saturated carbocycles. The fourth-order valence-corrected chi connectivity index (χ4v) is 3.82. The zero-order chi connectivity index (χ0) is 18.2. The highest BCUT2D eigenvalue weighted by Crippen LogP contribution is 2.26. The summed E-state index contributed by atoms with van der Waals surface area (Å²) in [4.78, 5) is 26.8. The van der Waals surface area contributed by atoms with Crippen LogP contribution in [0.4, 0.5) is 5.69 Å². The van der Waals surface area contributed by atoms with E-state index in [0.717, 1.165) is 19.3 Å². The highest BCUT2D eigenvalue weighted by atomic mass is 35.5. The van der Waals surface area contributed by atoms with Crippen molar-refractivity contribution >= 4 is 41.2 Å². The number of carbonyl (C=O) groups excluding carboxylic acids is 2. The van der Waals surface area contributed by atoms with E-state index in [-0.39, 0.29) is 24.2 Å². The standard InChI is InChI=1S/C19H25N3O2S.ClH/c1-3-7-16-13(4-2)12-17(25-16)19(24)22-15-9-6-5-8-14(15)18(23)21-11-10-20;/h5-6,8-9,12H,3-4,7,10-11,20H2,1-2H3,(H,21,23)(H,22,24);1H. The molecular weight excluding hydrogens is 370 g/mol. The number of halogens is 1. The average molecular weight is 396 g/mol. The molecule has 142 valence electrons. The fraction of sp³-hybridized carbons (Fsp3) is 0.368. The third-order valence-electron chi connectivity index (χ3n) is 3.83. The van der Waals surface area contributed by atoms with E-state index in [1.807, 2.05) is 6.07 Å². The predicted octanol–water partition coefficient (Wildman–Crippen LogP) is 3.63.